The number of carbonyl (C=O) groups is 2. The summed E-state index contributed by atoms with van der Waals surface area (Å²) in [7, 11) is -3.03. The zero-order chi connectivity index (χ0) is 19.3. The topological polar surface area (TPSA) is 110 Å². The molecule has 2 N–H and O–H groups in total. The molecule has 1 atom stereocenters. The predicted molar refractivity (Wildman–Crippen MR) is 99.9 cm³/mol. The van der Waals surface area contributed by atoms with Crippen LogP contribution in [0, 0.1) is 0 Å². The Bertz CT molecular complexity index is 908. The lowest BCUT2D eigenvalue weighted by atomic mass is 10.2. The lowest BCUT2D eigenvalue weighted by molar-refractivity contribution is -0.121. The summed E-state index contributed by atoms with van der Waals surface area (Å²) in [5.74, 6) is -0.462. The van der Waals surface area contributed by atoms with Gasteiger partial charge in [0.05, 0.1) is 29.8 Å². The molecule has 0 aliphatic carbocycles. The van der Waals surface area contributed by atoms with Crippen LogP contribution < -0.4 is 10.6 Å². The second-order valence-electron chi connectivity index (χ2n) is 6.59. The molecular formula is C18H22N4O4S. The highest BCUT2D eigenvalue weighted by molar-refractivity contribution is 7.91. The lowest BCUT2D eigenvalue weighted by Crippen LogP contribution is -2.37. The van der Waals surface area contributed by atoms with E-state index in [1.807, 2.05) is 30.3 Å². The molecule has 1 aromatic heterocycles. The molecule has 2 aromatic rings. The van der Waals surface area contributed by atoms with E-state index in [1.165, 1.54) is 6.20 Å². The maximum Gasteiger partial charge on any atom is 0.254 e. The summed E-state index contributed by atoms with van der Waals surface area (Å²) >= 11 is 0. The largest absolute Gasteiger partial charge is 0.352 e. The van der Waals surface area contributed by atoms with Crippen LogP contribution in [-0.4, -0.2) is 54.1 Å². The molecule has 27 heavy (non-hydrogen) atoms. The van der Waals surface area contributed by atoms with Gasteiger partial charge in [0, 0.05) is 25.2 Å². The molecule has 1 aliphatic rings. The van der Waals surface area contributed by atoms with E-state index in [1.54, 1.807) is 10.9 Å². The zero-order valence-electron chi connectivity index (χ0n) is 14.8. The number of nitrogens with one attached hydrogen (secondary N) is 2. The van der Waals surface area contributed by atoms with Crippen LogP contribution in [0.1, 0.15) is 28.8 Å². The lowest BCUT2D eigenvalue weighted by Gasteiger charge is -2.10. The first-order valence-corrected chi connectivity index (χ1v) is 10.6. The molecule has 0 bridgehead atoms. The van der Waals surface area contributed by atoms with Gasteiger partial charge in [-0.3, -0.25) is 14.3 Å². The third-order valence-electron chi connectivity index (χ3n) is 4.32. The molecule has 1 aliphatic heterocycles. The van der Waals surface area contributed by atoms with Crippen LogP contribution in [-0.2, 0) is 21.2 Å². The van der Waals surface area contributed by atoms with Crippen molar-refractivity contribution < 1.29 is 18.0 Å². The summed E-state index contributed by atoms with van der Waals surface area (Å²) in [5, 5.41) is 9.55. The molecule has 3 rings (SSSR count). The van der Waals surface area contributed by atoms with Gasteiger partial charge in [-0.1, -0.05) is 30.3 Å². The minimum absolute atomic E-state index is 0.00824. The summed E-state index contributed by atoms with van der Waals surface area (Å²) in [6.07, 6.45) is 3.69. The fraction of sp³-hybridized carbons (Fsp3) is 0.389. The zero-order valence-corrected chi connectivity index (χ0v) is 15.6. The Labute approximate surface area is 157 Å². The standard InChI is InChI=1S/C18H22N4O4S/c23-17(21-16-7-9-27(25,26)13-16)6-8-19-18(24)15-10-20-22(12-15)11-14-4-2-1-3-5-14/h1-5,10,12,16H,6-9,11,13H2,(H,19,24)(H,21,23)/t16-/m1/s1. The van der Waals surface area contributed by atoms with Crippen LogP contribution >= 0.6 is 0 Å². The van der Waals surface area contributed by atoms with Gasteiger partial charge in [-0.05, 0) is 12.0 Å². The SMILES string of the molecule is O=C(CCNC(=O)c1cnn(Cc2ccccc2)c1)N[C@@H]1CCS(=O)(=O)C1. The summed E-state index contributed by atoms with van der Waals surface area (Å²) < 4.78 is 24.4. The van der Waals surface area contributed by atoms with Gasteiger partial charge in [-0.15, -0.1) is 0 Å². The van der Waals surface area contributed by atoms with E-state index in [9.17, 15) is 18.0 Å². The van der Waals surface area contributed by atoms with Gasteiger partial charge in [0.15, 0.2) is 9.84 Å². The monoisotopic (exact) mass is 390 g/mol. The summed E-state index contributed by atoms with van der Waals surface area (Å²) in [6.45, 7) is 0.745. The second kappa shape index (κ2) is 8.34. The maximum atomic E-state index is 12.1. The molecular weight excluding hydrogens is 368 g/mol. The van der Waals surface area contributed by atoms with Crippen molar-refractivity contribution in [3.63, 3.8) is 0 Å². The molecule has 0 spiro atoms. The van der Waals surface area contributed by atoms with E-state index < -0.39 is 9.84 Å². The molecule has 0 radical (unpaired) electrons. The van der Waals surface area contributed by atoms with Crippen molar-refractivity contribution in [2.24, 2.45) is 0 Å². The molecule has 1 aromatic carbocycles. The minimum Gasteiger partial charge on any atom is -0.352 e. The fourth-order valence-electron chi connectivity index (χ4n) is 2.94. The number of rotatable bonds is 7. The van der Waals surface area contributed by atoms with E-state index >= 15 is 0 Å². The normalized spacial score (nSPS) is 18.1. The smallest absolute Gasteiger partial charge is 0.254 e. The van der Waals surface area contributed by atoms with Crippen molar-refractivity contribution in [2.75, 3.05) is 18.1 Å². The van der Waals surface area contributed by atoms with E-state index in [-0.39, 0.29) is 42.3 Å². The number of hydrogen-bond donors (Lipinski definition) is 2. The highest BCUT2D eigenvalue weighted by Gasteiger charge is 2.28. The van der Waals surface area contributed by atoms with Crippen LogP contribution in [0.15, 0.2) is 42.7 Å². The van der Waals surface area contributed by atoms with Gasteiger partial charge in [0.1, 0.15) is 0 Å². The number of aromatic nitrogens is 2. The van der Waals surface area contributed by atoms with Crippen LogP contribution in [0.5, 0.6) is 0 Å². The second-order valence-corrected chi connectivity index (χ2v) is 8.81. The van der Waals surface area contributed by atoms with Crippen molar-refractivity contribution in [3.8, 4) is 0 Å². The van der Waals surface area contributed by atoms with E-state index in [0.717, 1.165) is 5.56 Å². The quantitative estimate of drug-likeness (QED) is 0.709. The molecule has 9 heteroatoms. The molecule has 8 nitrogen and oxygen atoms in total. The van der Waals surface area contributed by atoms with Crippen molar-refractivity contribution in [1.82, 2.24) is 20.4 Å². The number of nitrogens with zero attached hydrogens (tertiary/aromatic N) is 2. The van der Waals surface area contributed by atoms with Gasteiger partial charge in [0.25, 0.3) is 5.91 Å². The Kier molecular flexibility index (Phi) is 5.90. The molecule has 1 saturated heterocycles. The number of sulfone groups is 1. The van der Waals surface area contributed by atoms with E-state index in [0.29, 0.717) is 18.5 Å². The van der Waals surface area contributed by atoms with Gasteiger partial charge < -0.3 is 10.6 Å². The van der Waals surface area contributed by atoms with Gasteiger partial charge >= 0.3 is 0 Å². The Hall–Kier alpha value is -2.68. The maximum absolute atomic E-state index is 12.1. The van der Waals surface area contributed by atoms with E-state index in [4.69, 9.17) is 0 Å². The highest BCUT2D eigenvalue weighted by Crippen LogP contribution is 2.11. The molecule has 2 heterocycles. The molecule has 0 saturated carbocycles. The van der Waals surface area contributed by atoms with Gasteiger partial charge in [-0.25, -0.2) is 8.42 Å². The first kappa shape index (κ1) is 19.1. The third kappa shape index (κ3) is 5.65. The van der Waals surface area contributed by atoms with Crippen molar-refractivity contribution >= 4 is 21.7 Å². The highest BCUT2D eigenvalue weighted by atomic mass is 32.2. The van der Waals surface area contributed by atoms with Gasteiger partial charge in [0.2, 0.25) is 5.91 Å². The average molecular weight is 390 g/mol. The molecule has 144 valence electrons. The van der Waals surface area contributed by atoms with Crippen LogP contribution in [0.4, 0.5) is 0 Å². The number of benzene rings is 1. The minimum atomic E-state index is -3.03. The van der Waals surface area contributed by atoms with Crippen molar-refractivity contribution in [1.29, 1.82) is 0 Å². The molecule has 0 unspecified atom stereocenters. The Morgan fingerprint density at radius 2 is 2.00 bits per heavy atom. The fourth-order valence-corrected chi connectivity index (χ4v) is 4.61. The Morgan fingerprint density at radius 3 is 2.70 bits per heavy atom. The van der Waals surface area contributed by atoms with Gasteiger partial charge in [-0.2, -0.15) is 5.10 Å². The number of amides is 2. The first-order valence-electron chi connectivity index (χ1n) is 8.76. The summed E-state index contributed by atoms with van der Waals surface area (Å²) in [6, 6.07) is 9.46. The summed E-state index contributed by atoms with van der Waals surface area (Å²) in [5.41, 5.74) is 1.51. The average Bonchev–Trinajstić information content (AvgIpc) is 3.22. The third-order valence-corrected chi connectivity index (χ3v) is 6.09. The Balaban J connectivity index is 1.41. The Morgan fingerprint density at radius 1 is 1.22 bits per heavy atom. The van der Waals surface area contributed by atoms with Crippen LogP contribution in [0.3, 0.4) is 0 Å². The molecule has 1 fully saturated rings. The molecule has 2 amide bonds. The van der Waals surface area contributed by atoms with Crippen molar-refractivity contribution in [3.05, 3.63) is 53.9 Å². The summed E-state index contributed by atoms with van der Waals surface area (Å²) in [4.78, 5) is 24.0. The number of carbonyl (C=O) groups excluding carboxylic acids is 2. The van der Waals surface area contributed by atoms with E-state index in [2.05, 4.69) is 15.7 Å². The predicted octanol–water partition coefficient (Wildman–Crippen LogP) is 0.355. The van der Waals surface area contributed by atoms with Crippen LogP contribution in [0.2, 0.25) is 0 Å². The van der Waals surface area contributed by atoms with Crippen LogP contribution in [0.25, 0.3) is 0 Å². The number of hydrogen-bond acceptors (Lipinski definition) is 5. The first-order chi connectivity index (χ1) is 12.9. The van der Waals surface area contributed by atoms with Crippen molar-refractivity contribution in [2.45, 2.75) is 25.4 Å².